The van der Waals surface area contributed by atoms with Crippen molar-refractivity contribution in [1.82, 2.24) is 14.5 Å². The topological polar surface area (TPSA) is 36.0 Å². The Morgan fingerprint density at radius 1 is 1.23 bits per heavy atom. The van der Waals surface area contributed by atoms with Crippen LogP contribution in [0.15, 0.2) is 39.4 Å². The summed E-state index contributed by atoms with van der Waals surface area (Å²) < 4.78 is 22.4. The lowest BCUT2D eigenvalue weighted by Crippen LogP contribution is -2.43. The summed E-state index contributed by atoms with van der Waals surface area (Å²) in [5, 5.41) is 2.50. The normalized spacial score (nSPS) is 26.5. The molecule has 1 unspecified atom stereocenters. The number of hydrazine groups is 1. The first-order valence-corrected chi connectivity index (χ1v) is 13.9. The zero-order valence-electron chi connectivity index (χ0n) is 17.6. The van der Waals surface area contributed by atoms with Gasteiger partial charge in [0.05, 0.1) is 22.3 Å². The van der Waals surface area contributed by atoms with Crippen LogP contribution in [-0.2, 0) is 11.2 Å². The molecule has 0 radical (unpaired) electrons. The highest BCUT2D eigenvalue weighted by molar-refractivity contribution is 8.37. The molecule has 1 amide bonds. The van der Waals surface area contributed by atoms with E-state index in [1.807, 2.05) is 29.4 Å². The van der Waals surface area contributed by atoms with Crippen LogP contribution in [0.4, 0.5) is 4.48 Å². The minimum absolute atomic E-state index is 0.0978. The molecule has 1 atom stereocenters. The van der Waals surface area contributed by atoms with Crippen LogP contribution in [0.5, 0.6) is 0 Å². The van der Waals surface area contributed by atoms with E-state index in [0.717, 1.165) is 56.0 Å². The molecule has 3 aliphatic heterocycles. The Morgan fingerprint density at radius 3 is 2.52 bits per heavy atom. The highest BCUT2D eigenvalue weighted by Gasteiger charge is 2.53. The van der Waals surface area contributed by atoms with Crippen molar-refractivity contribution >= 4 is 39.1 Å². The monoisotopic (exact) mass is 483 g/mol. The molecule has 1 aromatic heterocycles. The molecule has 9 heteroatoms. The van der Waals surface area contributed by atoms with Crippen LogP contribution < -0.4 is 0 Å². The Bertz CT molecular complexity index is 935. The summed E-state index contributed by atoms with van der Waals surface area (Å²) in [6.07, 6.45) is 5.03. The molecule has 168 valence electrons. The summed E-state index contributed by atoms with van der Waals surface area (Å²) in [7, 11) is -1.70. The van der Waals surface area contributed by atoms with Crippen molar-refractivity contribution in [2.45, 2.75) is 28.4 Å². The van der Waals surface area contributed by atoms with E-state index in [1.165, 1.54) is 16.9 Å². The molecule has 1 aromatic carbocycles. The van der Waals surface area contributed by atoms with E-state index in [4.69, 9.17) is 16.3 Å². The number of morpholine rings is 1. The number of carbonyl (C=O) groups excluding carboxylic acids is 1. The predicted octanol–water partition coefficient (Wildman–Crippen LogP) is 5.01. The van der Waals surface area contributed by atoms with Crippen LogP contribution >= 0.6 is 33.2 Å². The second kappa shape index (κ2) is 8.65. The average molecular weight is 484 g/mol. The third kappa shape index (κ3) is 4.14. The number of amides is 1. The summed E-state index contributed by atoms with van der Waals surface area (Å²) in [5.74, 6) is 0.689. The SMILES string of the molecule is CS1(N(F)N2CCOCC2)c2cc(C(=O)N3CCC(Cc4ccc(Cl)cc4)CC3)sc21. The molecule has 5 rings (SSSR count). The van der Waals surface area contributed by atoms with Gasteiger partial charge in [0.1, 0.15) is 0 Å². The summed E-state index contributed by atoms with van der Waals surface area (Å²) in [6, 6.07) is 9.99. The van der Waals surface area contributed by atoms with Crippen LogP contribution in [0.3, 0.4) is 0 Å². The lowest BCUT2D eigenvalue weighted by atomic mass is 9.90. The molecule has 2 saturated heterocycles. The molecule has 0 saturated carbocycles. The third-order valence-electron chi connectivity index (χ3n) is 6.47. The Labute approximate surface area is 193 Å². The number of fused-ring (bicyclic) bond motifs is 1. The molecular formula is C22H27ClFN3O2S2. The van der Waals surface area contributed by atoms with Crippen molar-refractivity contribution in [3.8, 4) is 0 Å². The Kier molecular flexibility index (Phi) is 6.05. The van der Waals surface area contributed by atoms with E-state index < -0.39 is 10.2 Å². The number of rotatable bonds is 5. The van der Waals surface area contributed by atoms with Gasteiger partial charge < -0.3 is 9.64 Å². The number of hydrogen-bond acceptors (Lipinski definition) is 5. The van der Waals surface area contributed by atoms with Crippen LogP contribution in [0.25, 0.3) is 0 Å². The Hall–Kier alpha value is -1.16. The maximum absolute atomic E-state index is 15.1. The lowest BCUT2D eigenvalue weighted by Gasteiger charge is -2.36. The first kappa shape index (κ1) is 21.7. The van der Waals surface area contributed by atoms with Crippen molar-refractivity contribution in [1.29, 1.82) is 0 Å². The first-order valence-electron chi connectivity index (χ1n) is 10.7. The van der Waals surface area contributed by atoms with Gasteiger partial charge >= 0.3 is 0 Å². The molecule has 0 aliphatic carbocycles. The Morgan fingerprint density at radius 2 is 1.90 bits per heavy atom. The third-order valence-corrected chi connectivity index (χ3v) is 11.7. The molecule has 2 fully saturated rings. The molecule has 0 spiro atoms. The summed E-state index contributed by atoms with van der Waals surface area (Å²) >= 11 is 7.45. The van der Waals surface area contributed by atoms with Gasteiger partial charge in [-0.15, -0.1) is 15.8 Å². The number of carbonyl (C=O) groups is 1. The minimum Gasteiger partial charge on any atom is -0.379 e. The average Bonchev–Trinajstić information content (AvgIpc) is 3.13. The molecule has 3 aliphatic rings. The predicted molar refractivity (Wildman–Crippen MR) is 123 cm³/mol. The van der Waals surface area contributed by atoms with Crippen LogP contribution in [0.2, 0.25) is 5.02 Å². The first-order chi connectivity index (χ1) is 15.0. The maximum atomic E-state index is 15.1. The highest BCUT2D eigenvalue weighted by Crippen LogP contribution is 2.82. The van der Waals surface area contributed by atoms with Crippen LogP contribution in [0, 0.1) is 5.92 Å². The van der Waals surface area contributed by atoms with Gasteiger partial charge in [0.15, 0.2) is 0 Å². The quantitative estimate of drug-likeness (QED) is 0.442. The summed E-state index contributed by atoms with van der Waals surface area (Å²) in [6.45, 7) is 3.83. The molecular weight excluding hydrogens is 457 g/mol. The Balaban J connectivity index is 1.16. The second-order valence-electron chi connectivity index (χ2n) is 8.50. The van der Waals surface area contributed by atoms with Gasteiger partial charge in [0.2, 0.25) is 0 Å². The van der Waals surface area contributed by atoms with Crippen LogP contribution in [-0.4, -0.2) is 66.1 Å². The number of nitrogens with zero attached hydrogens (tertiary/aromatic N) is 3. The van der Waals surface area contributed by atoms with Gasteiger partial charge in [0.25, 0.3) is 5.91 Å². The number of thiophene rings is 1. The largest absolute Gasteiger partial charge is 0.379 e. The zero-order chi connectivity index (χ0) is 21.6. The van der Waals surface area contributed by atoms with Gasteiger partial charge in [-0.25, -0.2) is 0 Å². The van der Waals surface area contributed by atoms with E-state index >= 15 is 4.48 Å². The van der Waals surface area contributed by atoms with Crippen molar-refractivity contribution in [2.24, 2.45) is 5.92 Å². The second-order valence-corrected chi connectivity index (χ2v) is 13.1. The number of piperidine rings is 1. The van der Waals surface area contributed by atoms with Gasteiger partial charge in [-0.1, -0.05) is 33.9 Å². The molecule has 5 nitrogen and oxygen atoms in total. The molecule has 2 aromatic rings. The standard InChI is InChI=1S/C22H27ClFN3O2S2/c1-31(27(24)26-10-12-29-13-11-26)20-15-19(30-22(20)31)21(28)25-8-6-17(7-9-25)14-16-2-4-18(23)5-3-16/h2-5,15,17H,6-14H2,1H3. The number of hydrogen-bond donors (Lipinski definition) is 0. The number of benzene rings is 1. The minimum atomic E-state index is -1.70. The van der Waals surface area contributed by atoms with Gasteiger partial charge in [-0.2, -0.15) is 5.01 Å². The van der Waals surface area contributed by atoms with E-state index in [9.17, 15) is 4.79 Å². The fraction of sp³-hybridized carbons (Fsp3) is 0.500. The fourth-order valence-corrected chi connectivity index (χ4v) is 9.55. The number of ether oxygens (including phenoxy) is 1. The molecule has 0 bridgehead atoms. The zero-order valence-corrected chi connectivity index (χ0v) is 19.9. The van der Waals surface area contributed by atoms with Crippen molar-refractivity contribution in [3.63, 3.8) is 0 Å². The highest BCUT2D eigenvalue weighted by atomic mass is 35.5. The number of halogens is 2. The lowest BCUT2D eigenvalue weighted by molar-refractivity contribution is -0.124. The van der Waals surface area contributed by atoms with Crippen molar-refractivity contribution in [2.75, 3.05) is 45.6 Å². The summed E-state index contributed by atoms with van der Waals surface area (Å²) in [5.41, 5.74) is 1.30. The molecule has 4 heterocycles. The number of likely N-dealkylation sites (tertiary alicyclic amines) is 1. The van der Waals surface area contributed by atoms with Crippen molar-refractivity contribution in [3.05, 3.63) is 45.8 Å². The van der Waals surface area contributed by atoms with Gasteiger partial charge in [-0.3, -0.25) is 4.79 Å². The van der Waals surface area contributed by atoms with E-state index in [0.29, 0.717) is 32.2 Å². The van der Waals surface area contributed by atoms with Gasteiger partial charge in [0, 0.05) is 36.1 Å². The van der Waals surface area contributed by atoms with E-state index in [-0.39, 0.29) is 5.91 Å². The van der Waals surface area contributed by atoms with Crippen molar-refractivity contribution < 1.29 is 14.0 Å². The molecule has 0 N–H and O–H groups in total. The van der Waals surface area contributed by atoms with E-state index in [1.54, 1.807) is 5.01 Å². The molecule has 31 heavy (non-hydrogen) atoms. The smallest absolute Gasteiger partial charge is 0.264 e. The fourth-order valence-electron chi connectivity index (χ4n) is 4.48. The van der Waals surface area contributed by atoms with Gasteiger partial charge in [-0.05, 0) is 59.8 Å². The summed E-state index contributed by atoms with van der Waals surface area (Å²) in [4.78, 5) is 16.8. The van der Waals surface area contributed by atoms with E-state index in [2.05, 4.69) is 12.1 Å². The van der Waals surface area contributed by atoms with Crippen LogP contribution in [0.1, 0.15) is 28.1 Å². The maximum Gasteiger partial charge on any atom is 0.264 e.